The molecule has 0 radical (unpaired) electrons. The van der Waals surface area contributed by atoms with Crippen LogP contribution in [0.4, 0.5) is 0 Å². The van der Waals surface area contributed by atoms with Gasteiger partial charge in [-0.1, -0.05) is 30.3 Å². The third-order valence-corrected chi connectivity index (χ3v) is 7.17. The largest absolute Gasteiger partial charge is 0.726 e. The summed E-state index contributed by atoms with van der Waals surface area (Å²) < 4.78 is 42.2. The Bertz CT molecular complexity index is 624. The molecule has 1 fully saturated rings. The zero-order valence-corrected chi connectivity index (χ0v) is 15.1. The van der Waals surface area contributed by atoms with Gasteiger partial charge in [-0.2, -0.15) is 0 Å². The number of aliphatic hydroxyl groups excluding tert-OH is 3. The Kier molecular flexibility index (Phi) is 7.65. The normalized spacial score (nSPS) is 28.2. The van der Waals surface area contributed by atoms with Crippen molar-refractivity contribution in [2.75, 3.05) is 24.7 Å². The van der Waals surface area contributed by atoms with Gasteiger partial charge in [-0.05, 0) is 5.56 Å². The van der Waals surface area contributed by atoms with E-state index in [2.05, 4.69) is 4.18 Å². The highest BCUT2D eigenvalue weighted by atomic mass is 32.3. The minimum Gasteiger partial charge on any atom is -0.726 e. The lowest BCUT2D eigenvalue weighted by molar-refractivity contribution is 0.0221. The fourth-order valence-corrected chi connectivity index (χ4v) is 5.66. The molecule has 5 atom stereocenters. The molecule has 25 heavy (non-hydrogen) atoms. The second kappa shape index (κ2) is 9.28. The van der Waals surface area contributed by atoms with Crippen molar-refractivity contribution in [2.24, 2.45) is 0 Å². The highest BCUT2D eigenvalue weighted by Gasteiger charge is 2.50. The molecule has 8 nitrogen and oxygen atoms in total. The van der Waals surface area contributed by atoms with Gasteiger partial charge in [0.1, 0.15) is 29.8 Å². The van der Waals surface area contributed by atoms with Crippen LogP contribution in [0.3, 0.4) is 0 Å². The predicted molar refractivity (Wildman–Crippen MR) is 90.7 cm³/mol. The van der Waals surface area contributed by atoms with Crippen LogP contribution in [0.15, 0.2) is 30.3 Å². The second-order valence-electron chi connectivity index (χ2n) is 5.76. The fraction of sp³-hybridized carbons (Fsp3) is 0.600. The molecule has 142 valence electrons. The first-order valence-corrected chi connectivity index (χ1v) is 10.6. The van der Waals surface area contributed by atoms with Gasteiger partial charge in [0, 0.05) is 10.9 Å². The summed E-state index contributed by atoms with van der Waals surface area (Å²) in [5, 5.41) is 28.6. The minimum absolute atomic E-state index is 0.194. The van der Waals surface area contributed by atoms with Crippen LogP contribution in [0.25, 0.3) is 0 Å². The third-order valence-electron chi connectivity index (χ3n) is 3.89. The predicted octanol–water partition coefficient (Wildman–Crippen LogP) is -1.24. The second-order valence-corrected chi connectivity index (χ2v) is 9.16. The number of ether oxygens (including phenoxy) is 1. The summed E-state index contributed by atoms with van der Waals surface area (Å²) >= 11 is 0. The molecule has 0 amide bonds. The summed E-state index contributed by atoms with van der Waals surface area (Å²) in [5.74, 6) is 0.545. The Morgan fingerprint density at radius 2 is 1.96 bits per heavy atom. The summed E-state index contributed by atoms with van der Waals surface area (Å²) in [5.41, 5.74) is 0.867. The molecule has 1 aromatic rings. The Morgan fingerprint density at radius 1 is 1.28 bits per heavy atom. The molecule has 1 heterocycles. The van der Waals surface area contributed by atoms with Crippen molar-refractivity contribution in [3.05, 3.63) is 35.9 Å². The lowest BCUT2D eigenvalue weighted by atomic mass is 10.2. The summed E-state index contributed by atoms with van der Waals surface area (Å²) in [6.07, 6.45) is -2.70. The Hall–Kier alpha value is -0.720. The average Bonchev–Trinajstić information content (AvgIpc) is 2.83. The van der Waals surface area contributed by atoms with Gasteiger partial charge in [0.25, 0.3) is 0 Å². The molecule has 0 bridgehead atoms. The Morgan fingerprint density at radius 3 is 2.56 bits per heavy atom. The molecule has 2 rings (SSSR count). The van der Waals surface area contributed by atoms with E-state index in [4.69, 9.17) is 4.74 Å². The number of benzene rings is 1. The van der Waals surface area contributed by atoms with Gasteiger partial charge in [-0.3, -0.25) is 4.18 Å². The maximum absolute atomic E-state index is 10.7. The molecule has 0 aliphatic carbocycles. The van der Waals surface area contributed by atoms with Crippen molar-refractivity contribution in [2.45, 2.75) is 30.2 Å². The van der Waals surface area contributed by atoms with E-state index in [9.17, 15) is 28.3 Å². The molecule has 0 saturated carbocycles. The summed E-state index contributed by atoms with van der Waals surface area (Å²) in [6.45, 7) is -0.556. The highest BCUT2D eigenvalue weighted by molar-refractivity contribution is 7.97. The minimum atomic E-state index is -4.85. The standard InChI is InChI=1S/C15H22O8S2/c16-6-14-15(18)13(17)10-24(14)9-12(8-23-25(19,20)21)22-7-11-4-2-1-3-5-11/h1-5,12-18H,6-10H2/t12-,13+,14+,15-,24?/m0/s1. The molecule has 3 N–H and O–H groups in total. The lowest BCUT2D eigenvalue weighted by Gasteiger charge is -2.20. The van der Waals surface area contributed by atoms with Crippen LogP contribution in [0, 0.1) is 0 Å². The van der Waals surface area contributed by atoms with Crippen LogP contribution in [-0.4, -0.2) is 76.6 Å². The van der Waals surface area contributed by atoms with Gasteiger partial charge in [-0.15, -0.1) is 0 Å². The monoisotopic (exact) mass is 394 g/mol. The smallest absolute Gasteiger partial charge is 0.217 e. The summed E-state index contributed by atoms with van der Waals surface area (Å²) in [4.78, 5) is 0. The van der Waals surface area contributed by atoms with Crippen molar-refractivity contribution in [1.29, 1.82) is 0 Å². The van der Waals surface area contributed by atoms with Gasteiger partial charge in [0.15, 0.2) is 5.25 Å². The highest BCUT2D eigenvalue weighted by Crippen LogP contribution is 2.25. The van der Waals surface area contributed by atoms with E-state index in [0.29, 0.717) is 0 Å². The topological polar surface area (TPSA) is 136 Å². The summed E-state index contributed by atoms with van der Waals surface area (Å²) in [7, 11) is -5.44. The van der Waals surface area contributed by atoms with Gasteiger partial charge >= 0.3 is 0 Å². The molecule has 1 aromatic carbocycles. The van der Waals surface area contributed by atoms with Crippen LogP contribution in [0.1, 0.15) is 5.56 Å². The van der Waals surface area contributed by atoms with Crippen molar-refractivity contribution in [3.8, 4) is 0 Å². The van der Waals surface area contributed by atoms with Crippen LogP contribution in [0.5, 0.6) is 0 Å². The van der Waals surface area contributed by atoms with E-state index in [1.54, 1.807) is 0 Å². The molecule has 0 aromatic heterocycles. The van der Waals surface area contributed by atoms with Gasteiger partial charge < -0.3 is 24.6 Å². The number of hydrogen-bond acceptors (Lipinski definition) is 8. The van der Waals surface area contributed by atoms with Crippen molar-refractivity contribution >= 4 is 21.3 Å². The molecule has 1 aliphatic heterocycles. The third kappa shape index (κ3) is 6.50. The molecule has 1 saturated heterocycles. The fourth-order valence-electron chi connectivity index (χ4n) is 2.62. The van der Waals surface area contributed by atoms with Crippen LogP contribution in [0.2, 0.25) is 0 Å². The van der Waals surface area contributed by atoms with Crippen molar-refractivity contribution in [3.63, 3.8) is 0 Å². The van der Waals surface area contributed by atoms with E-state index in [-0.39, 0.29) is 24.7 Å². The maximum atomic E-state index is 10.7. The zero-order chi connectivity index (χ0) is 18.4. The number of rotatable bonds is 9. The average molecular weight is 394 g/mol. The molecular weight excluding hydrogens is 372 g/mol. The zero-order valence-electron chi connectivity index (χ0n) is 13.4. The van der Waals surface area contributed by atoms with Gasteiger partial charge in [0.05, 0.1) is 19.8 Å². The van der Waals surface area contributed by atoms with E-state index in [0.717, 1.165) is 5.56 Å². The maximum Gasteiger partial charge on any atom is 0.217 e. The van der Waals surface area contributed by atoms with Crippen LogP contribution < -0.4 is 0 Å². The van der Waals surface area contributed by atoms with Gasteiger partial charge in [-0.25, -0.2) is 8.42 Å². The lowest BCUT2D eigenvalue weighted by Crippen LogP contribution is -2.38. The molecule has 1 aliphatic rings. The molecule has 1 unspecified atom stereocenters. The molecule has 0 spiro atoms. The van der Waals surface area contributed by atoms with Crippen LogP contribution in [-0.2, 0) is 36.8 Å². The van der Waals surface area contributed by atoms with E-state index < -0.39 is 51.5 Å². The first kappa shape index (κ1) is 20.6. The first-order valence-electron chi connectivity index (χ1n) is 7.69. The van der Waals surface area contributed by atoms with E-state index in [1.807, 2.05) is 30.3 Å². The molecular formula is C15H22O8S2. The SMILES string of the molecule is O=S(=O)([O-])OC[C@@H](C[S+]1C[C@@H](O)[C@H](O)[C@H]1CO)OCc1ccccc1. The van der Waals surface area contributed by atoms with E-state index >= 15 is 0 Å². The summed E-state index contributed by atoms with van der Waals surface area (Å²) in [6, 6.07) is 9.19. The first-order chi connectivity index (χ1) is 11.8. The van der Waals surface area contributed by atoms with E-state index in [1.165, 1.54) is 0 Å². The van der Waals surface area contributed by atoms with Crippen molar-refractivity contribution < 1.29 is 37.2 Å². The Balaban J connectivity index is 2.00. The molecule has 10 heteroatoms. The quantitative estimate of drug-likeness (QED) is 0.269. The van der Waals surface area contributed by atoms with Crippen LogP contribution >= 0.6 is 0 Å². The van der Waals surface area contributed by atoms with Crippen molar-refractivity contribution in [1.82, 2.24) is 0 Å². The Labute approximate surface area is 149 Å². The van der Waals surface area contributed by atoms with Gasteiger partial charge in [0.2, 0.25) is 10.4 Å². The number of hydrogen-bond donors (Lipinski definition) is 3. The number of aliphatic hydroxyl groups is 3.